The predicted molar refractivity (Wildman–Crippen MR) is 146 cm³/mol. The number of phenolic OH excluding ortho intramolecular Hbond substituents is 1. The Bertz CT molecular complexity index is 1820. The van der Waals surface area contributed by atoms with E-state index in [1.165, 1.54) is 0 Å². The third kappa shape index (κ3) is 6.79. The van der Waals surface area contributed by atoms with Gasteiger partial charge in [0.1, 0.15) is 10.6 Å². The molecule has 4 N–H and O–H groups in total. The fourth-order valence-corrected chi connectivity index (χ4v) is 5.30. The summed E-state index contributed by atoms with van der Waals surface area (Å²) in [5, 5.41) is 13.0. The van der Waals surface area contributed by atoms with Crippen molar-refractivity contribution >= 4 is 77.2 Å². The van der Waals surface area contributed by atoms with Gasteiger partial charge in [-0.05, 0) is 72.1 Å². The molecule has 0 aliphatic rings. The van der Waals surface area contributed by atoms with Crippen molar-refractivity contribution in [3.05, 3.63) is 64.7 Å². The van der Waals surface area contributed by atoms with E-state index in [9.17, 15) is 31.0 Å². The summed E-state index contributed by atoms with van der Waals surface area (Å²) in [7, 11) is -9.77. The molecule has 4 aromatic rings. The molecule has 0 saturated carbocycles. The number of phenols is 1. The van der Waals surface area contributed by atoms with E-state index >= 15 is 0 Å². The van der Waals surface area contributed by atoms with Gasteiger partial charge in [0.2, 0.25) is 16.5 Å². The van der Waals surface area contributed by atoms with E-state index in [4.69, 9.17) is 23.2 Å². The van der Waals surface area contributed by atoms with Crippen molar-refractivity contribution in [2.45, 2.75) is 29.6 Å². The molecule has 16 heteroatoms. The summed E-state index contributed by atoms with van der Waals surface area (Å²) in [6.07, 6.45) is 0.957. The SMILES string of the molecule is CC(CCc1ccccc1)=Nc1c(S(=O)(=O)O)cc2cc(S(=O)(=O)O)cc(Nc3nc(Cl)nc(Cl)n3)c2c1O. The Balaban J connectivity index is 1.94. The highest BCUT2D eigenvalue weighted by molar-refractivity contribution is 7.86. The van der Waals surface area contributed by atoms with Gasteiger partial charge in [-0.1, -0.05) is 30.3 Å². The maximum Gasteiger partial charge on any atom is 0.296 e. The molecular formula is C23H19Cl2N5O7S2. The number of hydrogen-bond donors (Lipinski definition) is 4. The summed E-state index contributed by atoms with van der Waals surface area (Å²) in [6.45, 7) is 1.62. The minimum absolute atomic E-state index is 0.128. The van der Waals surface area contributed by atoms with Crippen LogP contribution in [0.2, 0.25) is 10.6 Å². The van der Waals surface area contributed by atoms with Crippen molar-refractivity contribution in [1.82, 2.24) is 15.0 Å². The number of anilines is 2. The number of nitrogens with one attached hydrogen (secondary N) is 1. The summed E-state index contributed by atoms with van der Waals surface area (Å²) in [6, 6.07) is 12.2. The largest absolute Gasteiger partial charge is 0.505 e. The van der Waals surface area contributed by atoms with Gasteiger partial charge in [0.25, 0.3) is 20.2 Å². The van der Waals surface area contributed by atoms with Crippen LogP contribution in [0.3, 0.4) is 0 Å². The molecule has 0 fully saturated rings. The van der Waals surface area contributed by atoms with Gasteiger partial charge in [-0.3, -0.25) is 14.1 Å². The Morgan fingerprint density at radius 2 is 1.59 bits per heavy atom. The van der Waals surface area contributed by atoms with E-state index < -0.39 is 41.5 Å². The smallest absolute Gasteiger partial charge is 0.296 e. The molecule has 4 rings (SSSR count). The molecule has 0 unspecified atom stereocenters. The summed E-state index contributed by atoms with van der Waals surface area (Å²) >= 11 is 11.6. The highest BCUT2D eigenvalue weighted by atomic mass is 35.5. The van der Waals surface area contributed by atoms with Gasteiger partial charge in [0.15, 0.2) is 5.75 Å². The van der Waals surface area contributed by atoms with Crippen molar-refractivity contribution in [2.24, 2.45) is 4.99 Å². The molecule has 0 atom stereocenters. The van der Waals surface area contributed by atoms with E-state index in [2.05, 4.69) is 25.3 Å². The Morgan fingerprint density at radius 1 is 0.949 bits per heavy atom. The number of rotatable bonds is 8. The molecule has 12 nitrogen and oxygen atoms in total. The average Bonchev–Trinajstić information content (AvgIpc) is 2.83. The van der Waals surface area contributed by atoms with Crippen LogP contribution in [0.5, 0.6) is 5.75 Å². The van der Waals surface area contributed by atoms with Crippen molar-refractivity contribution in [2.75, 3.05) is 5.32 Å². The number of aromatic nitrogens is 3. The summed E-state index contributed by atoms with van der Waals surface area (Å²) in [4.78, 5) is 14.1. The van der Waals surface area contributed by atoms with Crippen LogP contribution >= 0.6 is 23.2 Å². The number of aliphatic imine (C=N–C) groups is 1. The number of aryl methyl sites for hydroxylation is 1. The molecule has 204 valence electrons. The zero-order valence-corrected chi connectivity index (χ0v) is 23.0. The Labute approximate surface area is 232 Å². The van der Waals surface area contributed by atoms with E-state index in [1.54, 1.807) is 6.92 Å². The lowest BCUT2D eigenvalue weighted by Crippen LogP contribution is -2.05. The average molecular weight is 612 g/mol. The lowest BCUT2D eigenvalue weighted by molar-refractivity contribution is 0.472. The fourth-order valence-electron chi connectivity index (χ4n) is 3.73. The van der Waals surface area contributed by atoms with Gasteiger partial charge in [0, 0.05) is 11.1 Å². The minimum Gasteiger partial charge on any atom is -0.505 e. The summed E-state index contributed by atoms with van der Waals surface area (Å²) < 4.78 is 68.0. The molecule has 0 amide bonds. The molecule has 0 bridgehead atoms. The van der Waals surface area contributed by atoms with Crippen LogP contribution in [-0.4, -0.2) is 51.7 Å². The number of benzene rings is 3. The highest BCUT2D eigenvalue weighted by Gasteiger charge is 2.25. The van der Waals surface area contributed by atoms with E-state index in [1.807, 2.05) is 30.3 Å². The van der Waals surface area contributed by atoms with Gasteiger partial charge >= 0.3 is 0 Å². The molecule has 0 spiro atoms. The van der Waals surface area contributed by atoms with E-state index in [0.717, 1.165) is 23.8 Å². The third-order valence-electron chi connectivity index (χ3n) is 5.45. The van der Waals surface area contributed by atoms with Crippen LogP contribution in [0.4, 0.5) is 17.3 Å². The maximum absolute atomic E-state index is 12.3. The lowest BCUT2D eigenvalue weighted by Gasteiger charge is -2.15. The number of hydrogen-bond acceptors (Lipinski definition) is 10. The first-order chi connectivity index (χ1) is 18.2. The molecule has 0 radical (unpaired) electrons. The van der Waals surface area contributed by atoms with Gasteiger partial charge in [0.05, 0.1) is 10.6 Å². The molecule has 0 aliphatic heterocycles. The van der Waals surface area contributed by atoms with Crippen LogP contribution in [0.25, 0.3) is 10.8 Å². The summed E-state index contributed by atoms with van der Waals surface area (Å²) in [5.74, 6) is -0.967. The molecular weight excluding hydrogens is 593 g/mol. The highest BCUT2D eigenvalue weighted by Crippen LogP contribution is 2.45. The monoisotopic (exact) mass is 611 g/mol. The van der Waals surface area contributed by atoms with Crippen LogP contribution in [0.15, 0.2) is 63.3 Å². The zero-order chi connectivity index (χ0) is 28.5. The fraction of sp³-hybridized carbons (Fsp3) is 0.130. The number of nitrogens with zero attached hydrogens (tertiary/aromatic N) is 4. The molecule has 0 aliphatic carbocycles. The van der Waals surface area contributed by atoms with Crippen molar-refractivity contribution in [3.63, 3.8) is 0 Å². The molecule has 3 aromatic carbocycles. The van der Waals surface area contributed by atoms with Crippen molar-refractivity contribution < 1.29 is 31.0 Å². The van der Waals surface area contributed by atoms with Crippen molar-refractivity contribution in [1.29, 1.82) is 0 Å². The van der Waals surface area contributed by atoms with Crippen LogP contribution in [-0.2, 0) is 26.7 Å². The second-order valence-corrected chi connectivity index (χ2v) is 11.7. The van der Waals surface area contributed by atoms with E-state index in [0.29, 0.717) is 18.6 Å². The third-order valence-corrected chi connectivity index (χ3v) is 7.48. The molecule has 1 heterocycles. The Morgan fingerprint density at radius 3 is 2.18 bits per heavy atom. The van der Waals surface area contributed by atoms with Gasteiger partial charge in [-0.2, -0.15) is 31.8 Å². The second-order valence-electron chi connectivity index (χ2n) is 8.25. The van der Waals surface area contributed by atoms with Crippen LogP contribution < -0.4 is 5.32 Å². The summed E-state index contributed by atoms with van der Waals surface area (Å²) in [5.41, 5.74) is 0.767. The number of aromatic hydroxyl groups is 1. The normalized spacial score (nSPS) is 12.6. The second kappa shape index (κ2) is 11.0. The quantitative estimate of drug-likeness (QED) is 0.155. The van der Waals surface area contributed by atoms with Gasteiger partial charge in [-0.25, -0.2) is 0 Å². The number of fused-ring (bicyclic) bond motifs is 1. The van der Waals surface area contributed by atoms with E-state index in [-0.39, 0.29) is 33.0 Å². The van der Waals surface area contributed by atoms with Crippen LogP contribution in [0, 0.1) is 0 Å². The zero-order valence-electron chi connectivity index (χ0n) is 19.9. The Hall–Kier alpha value is -3.40. The standard InChI is InChI=1S/C23H19Cl2N5O7S2/c1-12(7-8-13-5-3-2-4-6-13)26-19-17(39(35,36)37)10-14-9-15(38(32,33)34)11-16(18(14)20(19)31)27-23-29-21(24)28-22(25)30-23/h2-6,9-11,31H,7-8H2,1H3,(H,32,33,34)(H,35,36,37)(H,27,28,29,30). The first-order valence-corrected chi connectivity index (χ1v) is 14.6. The predicted octanol–water partition coefficient (Wildman–Crippen LogP) is 5.00. The van der Waals surface area contributed by atoms with Gasteiger partial charge < -0.3 is 10.4 Å². The maximum atomic E-state index is 12.3. The first-order valence-electron chi connectivity index (χ1n) is 10.9. The van der Waals surface area contributed by atoms with Gasteiger partial charge in [-0.15, -0.1) is 0 Å². The topological polar surface area (TPSA) is 192 Å². The number of halogens is 2. The minimum atomic E-state index is -4.96. The van der Waals surface area contributed by atoms with Crippen molar-refractivity contribution in [3.8, 4) is 5.75 Å². The molecule has 0 saturated heterocycles. The lowest BCUT2D eigenvalue weighted by atomic mass is 10.1. The Kier molecular flexibility index (Phi) is 8.07. The first kappa shape index (κ1) is 28.6. The molecule has 39 heavy (non-hydrogen) atoms. The van der Waals surface area contributed by atoms with Crippen LogP contribution in [0.1, 0.15) is 18.9 Å². The molecule has 1 aromatic heterocycles.